The summed E-state index contributed by atoms with van der Waals surface area (Å²) in [4.78, 5) is 11.5. The Balaban J connectivity index is 1.84. The maximum Gasteiger partial charge on any atom is 0.163 e. The molecule has 1 fully saturated rings. The summed E-state index contributed by atoms with van der Waals surface area (Å²) in [5, 5.41) is 0.320. The molecule has 0 heterocycles. The van der Waals surface area contributed by atoms with Gasteiger partial charge in [0.2, 0.25) is 0 Å². The summed E-state index contributed by atoms with van der Waals surface area (Å²) in [5.41, 5.74) is 0.592. The number of hydrogen-bond donors (Lipinski definition) is 0. The van der Waals surface area contributed by atoms with Gasteiger partial charge in [0.1, 0.15) is 5.75 Å². The van der Waals surface area contributed by atoms with Crippen molar-refractivity contribution in [3.8, 4) is 5.75 Å². The van der Waals surface area contributed by atoms with Gasteiger partial charge in [-0.05, 0) is 37.8 Å². The lowest BCUT2D eigenvalue weighted by molar-refractivity contribution is 0.101. The van der Waals surface area contributed by atoms with E-state index in [1.807, 2.05) is 12.1 Å². The van der Waals surface area contributed by atoms with E-state index in [0.29, 0.717) is 34.8 Å². The average Bonchev–Trinajstić information content (AvgIpc) is 2.47. The van der Waals surface area contributed by atoms with Crippen LogP contribution in [0.2, 0.25) is 0 Å². The Morgan fingerprint density at radius 3 is 2.81 bits per heavy atom. The van der Waals surface area contributed by atoms with E-state index >= 15 is 0 Å². The van der Waals surface area contributed by atoms with E-state index in [-0.39, 0.29) is 5.78 Å². The van der Waals surface area contributed by atoms with Crippen molar-refractivity contribution < 1.29 is 13.7 Å². The minimum atomic E-state index is -0.828. The summed E-state index contributed by atoms with van der Waals surface area (Å²) < 4.78 is 18.0. The molecule has 21 heavy (non-hydrogen) atoms. The van der Waals surface area contributed by atoms with Crippen LogP contribution in [0.15, 0.2) is 24.3 Å². The molecule has 0 aromatic heterocycles. The normalized spacial score (nSPS) is 23.5. The van der Waals surface area contributed by atoms with Gasteiger partial charge >= 0.3 is 0 Å². The minimum Gasteiger partial charge on any atom is -0.492 e. The molecule has 1 aromatic rings. The maximum atomic E-state index is 12.3. The van der Waals surface area contributed by atoms with Gasteiger partial charge < -0.3 is 4.74 Å². The van der Waals surface area contributed by atoms with Crippen LogP contribution in [0, 0.1) is 5.92 Å². The quantitative estimate of drug-likeness (QED) is 0.754. The highest BCUT2D eigenvalue weighted by Gasteiger charge is 2.23. The van der Waals surface area contributed by atoms with Crippen LogP contribution in [0.3, 0.4) is 0 Å². The molecule has 4 heteroatoms. The van der Waals surface area contributed by atoms with Gasteiger partial charge in [0.25, 0.3) is 0 Å². The molecule has 0 radical (unpaired) electrons. The largest absolute Gasteiger partial charge is 0.492 e. The van der Waals surface area contributed by atoms with Gasteiger partial charge in [-0.2, -0.15) is 0 Å². The Kier molecular flexibility index (Phi) is 5.97. The molecular weight excluding hydrogens is 284 g/mol. The van der Waals surface area contributed by atoms with Crippen molar-refractivity contribution in [2.75, 3.05) is 12.4 Å². The molecule has 1 aromatic carbocycles. The van der Waals surface area contributed by atoms with Crippen molar-refractivity contribution in [1.29, 1.82) is 0 Å². The molecule has 3 atom stereocenters. The van der Waals surface area contributed by atoms with Gasteiger partial charge in [-0.15, -0.1) is 0 Å². The Morgan fingerprint density at radius 1 is 1.33 bits per heavy atom. The first-order valence-corrected chi connectivity index (χ1v) is 9.06. The number of Topliss-reactive ketones (excluding diaryl/α,β-unsaturated/α-hetero) is 1. The second-order valence-corrected chi connectivity index (χ2v) is 7.72. The molecule has 116 valence electrons. The molecule has 0 saturated heterocycles. The molecule has 0 bridgehead atoms. The molecule has 0 aliphatic heterocycles. The van der Waals surface area contributed by atoms with E-state index in [4.69, 9.17) is 4.74 Å². The van der Waals surface area contributed by atoms with E-state index < -0.39 is 10.8 Å². The number of carbonyl (C=O) groups is 1. The lowest BCUT2D eigenvalue weighted by Crippen LogP contribution is -2.26. The molecule has 1 aliphatic carbocycles. The second kappa shape index (κ2) is 7.74. The number of para-hydroxylation sites is 1. The SMILES string of the molecule is CC(=O)c1ccccc1OCCS(=O)C1CCCC(C)C1. The molecule has 2 rings (SSSR count). The fourth-order valence-electron chi connectivity index (χ4n) is 2.90. The van der Waals surface area contributed by atoms with Crippen molar-refractivity contribution in [3.05, 3.63) is 29.8 Å². The highest BCUT2D eigenvalue weighted by Crippen LogP contribution is 2.27. The number of ketones is 1. The summed E-state index contributed by atoms with van der Waals surface area (Å²) in [6, 6.07) is 7.23. The molecule has 3 nitrogen and oxygen atoms in total. The van der Waals surface area contributed by atoms with Crippen LogP contribution >= 0.6 is 0 Å². The summed E-state index contributed by atoms with van der Waals surface area (Å²) in [6.07, 6.45) is 4.58. The van der Waals surface area contributed by atoms with Crippen molar-refractivity contribution in [2.45, 2.75) is 44.8 Å². The van der Waals surface area contributed by atoms with Crippen LogP contribution in [0.1, 0.15) is 49.9 Å². The molecular formula is C17H24O3S. The topological polar surface area (TPSA) is 43.4 Å². The number of carbonyl (C=O) groups excluding carboxylic acids is 1. The van der Waals surface area contributed by atoms with E-state index in [1.54, 1.807) is 12.1 Å². The smallest absolute Gasteiger partial charge is 0.163 e. The lowest BCUT2D eigenvalue weighted by Gasteiger charge is -2.26. The van der Waals surface area contributed by atoms with Gasteiger partial charge in [0.15, 0.2) is 5.78 Å². The lowest BCUT2D eigenvalue weighted by atomic mass is 9.91. The summed E-state index contributed by atoms with van der Waals surface area (Å²) in [5.74, 6) is 1.82. The fourth-order valence-corrected chi connectivity index (χ4v) is 4.45. The Labute approximate surface area is 129 Å². The van der Waals surface area contributed by atoms with Crippen LogP contribution in [0.25, 0.3) is 0 Å². The van der Waals surface area contributed by atoms with E-state index in [2.05, 4.69) is 6.92 Å². The third kappa shape index (κ3) is 4.67. The van der Waals surface area contributed by atoms with Gasteiger partial charge in [0, 0.05) is 16.0 Å². The number of ether oxygens (including phenoxy) is 1. The Hall–Kier alpha value is -1.16. The van der Waals surface area contributed by atoms with E-state index in [9.17, 15) is 9.00 Å². The van der Waals surface area contributed by atoms with Crippen molar-refractivity contribution in [3.63, 3.8) is 0 Å². The fraction of sp³-hybridized carbons (Fsp3) is 0.588. The number of benzene rings is 1. The molecule has 1 aliphatic rings. The van der Waals surface area contributed by atoms with Crippen LogP contribution in [0.5, 0.6) is 5.75 Å². The molecule has 0 spiro atoms. The van der Waals surface area contributed by atoms with E-state index in [1.165, 1.54) is 19.8 Å². The predicted molar refractivity (Wildman–Crippen MR) is 86.4 cm³/mol. The standard InChI is InChI=1S/C17H24O3S/c1-13-6-5-7-15(12-13)21(19)11-10-20-17-9-4-3-8-16(17)14(2)18/h3-4,8-9,13,15H,5-7,10-12H2,1-2H3. The van der Waals surface area contributed by atoms with E-state index in [0.717, 1.165) is 12.8 Å². The number of rotatable bonds is 6. The molecule has 1 saturated carbocycles. The second-order valence-electron chi connectivity index (χ2n) is 5.88. The molecule has 0 N–H and O–H groups in total. The van der Waals surface area contributed by atoms with Crippen LogP contribution in [-0.4, -0.2) is 27.6 Å². The number of hydrogen-bond acceptors (Lipinski definition) is 3. The first-order valence-electron chi connectivity index (χ1n) is 7.68. The van der Waals surface area contributed by atoms with Gasteiger partial charge in [-0.25, -0.2) is 0 Å². The predicted octanol–water partition coefficient (Wildman–Crippen LogP) is 3.60. The first-order chi connectivity index (χ1) is 10.1. The van der Waals surface area contributed by atoms with Crippen molar-refractivity contribution in [1.82, 2.24) is 0 Å². The molecule has 3 unspecified atom stereocenters. The molecule has 0 amide bonds. The highest BCUT2D eigenvalue weighted by molar-refractivity contribution is 7.85. The zero-order valence-electron chi connectivity index (χ0n) is 12.8. The van der Waals surface area contributed by atoms with Crippen molar-refractivity contribution >= 4 is 16.6 Å². The summed E-state index contributed by atoms with van der Waals surface area (Å²) in [6.45, 7) is 4.18. The maximum absolute atomic E-state index is 12.3. The van der Waals surface area contributed by atoms with Gasteiger partial charge in [-0.3, -0.25) is 9.00 Å². The van der Waals surface area contributed by atoms with Crippen LogP contribution < -0.4 is 4.74 Å². The van der Waals surface area contributed by atoms with Crippen LogP contribution in [-0.2, 0) is 10.8 Å². The van der Waals surface area contributed by atoms with Crippen molar-refractivity contribution in [2.24, 2.45) is 5.92 Å². The third-order valence-electron chi connectivity index (χ3n) is 4.07. The minimum absolute atomic E-state index is 0.00664. The monoisotopic (exact) mass is 308 g/mol. The Bertz CT molecular complexity index is 513. The summed E-state index contributed by atoms with van der Waals surface area (Å²) in [7, 11) is -0.828. The first kappa shape index (κ1) is 16.2. The summed E-state index contributed by atoms with van der Waals surface area (Å²) >= 11 is 0. The zero-order valence-corrected chi connectivity index (χ0v) is 13.7. The zero-order chi connectivity index (χ0) is 15.2. The van der Waals surface area contributed by atoms with Crippen LogP contribution in [0.4, 0.5) is 0 Å². The third-order valence-corrected chi connectivity index (χ3v) is 5.81. The highest BCUT2D eigenvalue weighted by atomic mass is 32.2. The van der Waals surface area contributed by atoms with Gasteiger partial charge in [0.05, 0.1) is 17.9 Å². The van der Waals surface area contributed by atoms with Gasteiger partial charge in [-0.1, -0.05) is 31.9 Å². The Morgan fingerprint density at radius 2 is 2.10 bits per heavy atom. The average molecular weight is 308 g/mol.